The molecule has 4 rings (SSSR count). The first kappa shape index (κ1) is 16.8. The van der Waals surface area contributed by atoms with Gasteiger partial charge in [0.25, 0.3) is 5.91 Å². The number of fused-ring (bicyclic) bond motifs is 1. The Labute approximate surface area is 153 Å². The van der Waals surface area contributed by atoms with Crippen molar-refractivity contribution < 1.29 is 4.79 Å². The molecule has 1 amide bonds. The molecular weight excluding hydrogens is 324 g/mol. The van der Waals surface area contributed by atoms with E-state index in [0.29, 0.717) is 17.4 Å². The fourth-order valence-electron chi connectivity index (χ4n) is 3.18. The molecule has 0 spiro atoms. The molecule has 1 N–H and O–H groups in total. The molecule has 0 radical (unpaired) electrons. The number of rotatable bonds is 6. The first-order chi connectivity index (χ1) is 12.6. The summed E-state index contributed by atoms with van der Waals surface area (Å²) in [5, 5.41) is 3.03. The second kappa shape index (κ2) is 6.90. The summed E-state index contributed by atoms with van der Waals surface area (Å²) in [4.78, 5) is 21.7. The smallest absolute Gasteiger partial charge is 0.251 e. The molecule has 1 aromatic carbocycles. The third-order valence-electron chi connectivity index (χ3n) is 4.68. The third kappa shape index (κ3) is 3.47. The number of imidazole rings is 1. The normalized spacial score (nSPS) is 14.1. The summed E-state index contributed by atoms with van der Waals surface area (Å²) in [7, 11) is 0. The van der Waals surface area contributed by atoms with Crippen LogP contribution in [0.3, 0.4) is 0 Å². The number of pyridine rings is 1. The molecule has 0 unspecified atom stereocenters. The molecule has 1 aliphatic rings. The highest BCUT2D eigenvalue weighted by atomic mass is 16.1. The van der Waals surface area contributed by atoms with Gasteiger partial charge in [0.15, 0.2) is 5.65 Å². The van der Waals surface area contributed by atoms with Gasteiger partial charge in [-0.2, -0.15) is 0 Å². The van der Waals surface area contributed by atoms with E-state index in [4.69, 9.17) is 4.98 Å². The summed E-state index contributed by atoms with van der Waals surface area (Å²) in [6.07, 6.45) is 4.26. The van der Waals surface area contributed by atoms with Gasteiger partial charge < -0.3 is 9.88 Å². The standard InChI is InChI=1S/C21H24N4O/c1-14(2)13-25-19(24-18-7-4-10-22-20(18)25)16-5-3-6-17(11-16)21(26)23-12-15-8-9-15/h3-7,10-11,14-15H,8-9,12-13H2,1-2H3,(H,23,26). The highest BCUT2D eigenvalue weighted by molar-refractivity contribution is 5.95. The number of carbonyl (C=O) groups is 1. The molecule has 5 nitrogen and oxygen atoms in total. The van der Waals surface area contributed by atoms with Gasteiger partial charge in [-0.15, -0.1) is 0 Å². The largest absolute Gasteiger partial charge is 0.352 e. The minimum absolute atomic E-state index is 0.0107. The Morgan fingerprint density at radius 2 is 2.12 bits per heavy atom. The number of amides is 1. The van der Waals surface area contributed by atoms with Gasteiger partial charge in [0, 0.05) is 30.4 Å². The maximum absolute atomic E-state index is 12.4. The van der Waals surface area contributed by atoms with Crippen LogP contribution in [-0.2, 0) is 6.54 Å². The van der Waals surface area contributed by atoms with E-state index in [1.165, 1.54) is 12.8 Å². The van der Waals surface area contributed by atoms with Gasteiger partial charge in [-0.05, 0) is 48.9 Å². The van der Waals surface area contributed by atoms with Crippen LogP contribution in [0.25, 0.3) is 22.6 Å². The average molecular weight is 348 g/mol. The maximum Gasteiger partial charge on any atom is 0.251 e. The Balaban J connectivity index is 1.70. The number of nitrogens with one attached hydrogen (secondary N) is 1. The molecule has 0 bridgehead atoms. The van der Waals surface area contributed by atoms with Gasteiger partial charge in [-0.1, -0.05) is 26.0 Å². The van der Waals surface area contributed by atoms with Crippen molar-refractivity contribution in [1.29, 1.82) is 0 Å². The first-order valence-electron chi connectivity index (χ1n) is 9.31. The quantitative estimate of drug-likeness (QED) is 0.735. The molecule has 1 fully saturated rings. The lowest BCUT2D eigenvalue weighted by Crippen LogP contribution is -2.25. The molecule has 0 saturated heterocycles. The Bertz CT molecular complexity index is 940. The van der Waals surface area contributed by atoms with Gasteiger partial charge in [-0.25, -0.2) is 9.97 Å². The summed E-state index contributed by atoms with van der Waals surface area (Å²) in [5.41, 5.74) is 3.40. The van der Waals surface area contributed by atoms with Crippen LogP contribution in [0.5, 0.6) is 0 Å². The molecule has 1 saturated carbocycles. The molecule has 0 aliphatic heterocycles. The van der Waals surface area contributed by atoms with E-state index in [2.05, 4.69) is 28.7 Å². The van der Waals surface area contributed by atoms with E-state index in [1.807, 2.05) is 36.4 Å². The van der Waals surface area contributed by atoms with Gasteiger partial charge in [0.05, 0.1) is 0 Å². The molecule has 26 heavy (non-hydrogen) atoms. The fourth-order valence-corrected chi connectivity index (χ4v) is 3.18. The topological polar surface area (TPSA) is 59.8 Å². The SMILES string of the molecule is CC(C)Cn1c(-c2cccc(C(=O)NCC3CC3)c2)nc2cccnc21. The van der Waals surface area contributed by atoms with Gasteiger partial charge >= 0.3 is 0 Å². The predicted octanol–water partition coefficient (Wildman–Crippen LogP) is 3.89. The summed E-state index contributed by atoms with van der Waals surface area (Å²) < 4.78 is 2.15. The van der Waals surface area contributed by atoms with Gasteiger partial charge in [0.2, 0.25) is 0 Å². The number of hydrogen-bond donors (Lipinski definition) is 1. The van der Waals surface area contributed by atoms with Crippen LogP contribution in [0.1, 0.15) is 37.0 Å². The monoisotopic (exact) mass is 348 g/mol. The molecule has 0 atom stereocenters. The Hall–Kier alpha value is -2.69. The third-order valence-corrected chi connectivity index (χ3v) is 4.68. The second-order valence-corrected chi connectivity index (χ2v) is 7.52. The van der Waals surface area contributed by atoms with Crippen molar-refractivity contribution in [2.24, 2.45) is 11.8 Å². The van der Waals surface area contributed by atoms with E-state index in [9.17, 15) is 4.79 Å². The number of benzene rings is 1. The van der Waals surface area contributed by atoms with Crippen LogP contribution in [0, 0.1) is 11.8 Å². The molecule has 2 heterocycles. The van der Waals surface area contributed by atoms with Crippen LogP contribution < -0.4 is 5.32 Å². The second-order valence-electron chi connectivity index (χ2n) is 7.52. The zero-order valence-corrected chi connectivity index (χ0v) is 15.3. The fraction of sp³-hybridized carbons (Fsp3) is 0.381. The lowest BCUT2D eigenvalue weighted by molar-refractivity contribution is 0.0952. The zero-order chi connectivity index (χ0) is 18.1. The summed E-state index contributed by atoms with van der Waals surface area (Å²) in [6.45, 7) is 5.97. The van der Waals surface area contributed by atoms with E-state index >= 15 is 0 Å². The zero-order valence-electron chi connectivity index (χ0n) is 15.3. The highest BCUT2D eigenvalue weighted by Gasteiger charge is 2.22. The number of hydrogen-bond acceptors (Lipinski definition) is 3. The summed E-state index contributed by atoms with van der Waals surface area (Å²) in [6, 6.07) is 11.6. The summed E-state index contributed by atoms with van der Waals surface area (Å²) >= 11 is 0. The lowest BCUT2D eigenvalue weighted by Gasteiger charge is -2.12. The molecule has 134 valence electrons. The van der Waals surface area contributed by atoms with Crippen molar-refractivity contribution in [2.75, 3.05) is 6.54 Å². The van der Waals surface area contributed by atoms with Crippen LogP contribution >= 0.6 is 0 Å². The predicted molar refractivity (Wildman–Crippen MR) is 103 cm³/mol. The van der Waals surface area contributed by atoms with E-state index in [0.717, 1.165) is 35.6 Å². The highest BCUT2D eigenvalue weighted by Crippen LogP contribution is 2.28. The Morgan fingerprint density at radius 3 is 2.88 bits per heavy atom. The number of carbonyl (C=O) groups excluding carboxylic acids is 1. The van der Waals surface area contributed by atoms with Crippen LogP contribution in [0.15, 0.2) is 42.6 Å². The van der Waals surface area contributed by atoms with Crippen molar-refractivity contribution in [1.82, 2.24) is 19.9 Å². The average Bonchev–Trinajstić information content (AvgIpc) is 3.41. The molecule has 2 aromatic heterocycles. The Kier molecular flexibility index (Phi) is 4.45. The molecule has 1 aliphatic carbocycles. The minimum atomic E-state index is -0.0107. The van der Waals surface area contributed by atoms with Gasteiger partial charge in [-0.3, -0.25) is 4.79 Å². The van der Waals surface area contributed by atoms with E-state index < -0.39 is 0 Å². The van der Waals surface area contributed by atoms with Crippen molar-refractivity contribution >= 4 is 17.1 Å². The van der Waals surface area contributed by atoms with Crippen LogP contribution in [-0.4, -0.2) is 27.0 Å². The Morgan fingerprint density at radius 1 is 1.27 bits per heavy atom. The lowest BCUT2D eigenvalue weighted by atomic mass is 10.1. The van der Waals surface area contributed by atoms with E-state index in [1.54, 1.807) is 6.20 Å². The minimum Gasteiger partial charge on any atom is -0.352 e. The number of aromatic nitrogens is 3. The van der Waals surface area contributed by atoms with Crippen molar-refractivity contribution in [2.45, 2.75) is 33.2 Å². The van der Waals surface area contributed by atoms with Crippen LogP contribution in [0.4, 0.5) is 0 Å². The first-order valence-corrected chi connectivity index (χ1v) is 9.31. The van der Waals surface area contributed by atoms with E-state index in [-0.39, 0.29) is 5.91 Å². The molecular formula is C21H24N4O. The molecule has 5 heteroatoms. The maximum atomic E-state index is 12.4. The summed E-state index contributed by atoms with van der Waals surface area (Å²) in [5.74, 6) is 1.99. The number of nitrogens with zero attached hydrogens (tertiary/aromatic N) is 3. The van der Waals surface area contributed by atoms with Crippen molar-refractivity contribution in [3.8, 4) is 11.4 Å². The van der Waals surface area contributed by atoms with Gasteiger partial charge in [0.1, 0.15) is 11.3 Å². The van der Waals surface area contributed by atoms with Crippen LogP contribution in [0.2, 0.25) is 0 Å². The van der Waals surface area contributed by atoms with Crippen molar-refractivity contribution in [3.63, 3.8) is 0 Å². The molecule has 3 aromatic rings. The van der Waals surface area contributed by atoms with Crippen molar-refractivity contribution in [3.05, 3.63) is 48.2 Å².